The van der Waals surface area contributed by atoms with E-state index in [1.807, 2.05) is 0 Å². The van der Waals surface area contributed by atoms with E-state index in [0.29, 0.717) is 0 Å². The lowest BCUT2D eigenvalue weighted by atomic mass is 10.1. The van der Waals surface area contributed by atoms with E-state index < -0.39 is 12.1 Å². The van der Waals surface area contributed by atoms with Crippen LogP contribution in [0.5, 0.6) is 0 Å². The lowest BCUT2D eigenvalue weighted by molar-refractivity contribution is -0.171. The molecule has 0 saturated heterocycles. The highest BCUT2D eigenvalue weighted by molar-refractivity contribution is 4.61. The molecule has 4 heteroatoms. The average molecular weight is 156 g/mol. The summed E-state index contributed by atoms with van der Waals surface area (Å²) in [6.07, 6.45) is -3.87. The molecule has 0 aliphatic carbocycles. The molecule has 0 aliphatic heterocycles. The van der Waals surface area contributed by atoms with Crippen molar-refractivity contribution >= 4 is 0 Å². The number of hydrogen-bond acceptors (Lipinski definition) is 1. The first-order chi connectivity index (χ1) is 4.48. The van der Waals surface area contributed by atoms with Gasteiger partial charge in [0, 0.05) is 6.61 Å². The molecule has 0 fully saturated rings. The van der Waals surface area contributed by atoms with E-state index in [9.17, 15) is 13.2 Å². The van der Waals surface area contributed by atoms with Crippen LogP contribution >= 0.6 is 0 Å². The normalized spacial score (nSPS) is 15.3. The Hall–Kier alpha value is -0.250. The highest BCUT2D eigenvalue weighted by atomic mass is 19.4. The van der Waals surface area contributed by atoms with Crippen molar-refractivity contribution in [2.75, 3.05) is 6.61 Å². The molecule has 0 bridgehead atoms. The lowest BCUT2D eigenvalue weighted by Gasteiger charge is -2.13. The fraction of sp³-hybridized carbons (Fsp3) is 1.00. The molecule has 0 aromatic carbocycles. The SMILES string of the molecule is C[C@H](CCCO)C(F)(F)F. The minimum absolute atomic E-state index is 0.0139. The predicted octanol–water partition coefficient (Wildman–Crippen LogP) is 1.96. The van der Waals surface area contributed by atoms with Gasteiger partial charge in [0.25, 0.3) is 0 Å². The minimum Gasteiger partial charge on any atom is -0.396 e. The molecular formula is C6H11F3O. The third-order valence-electron chi connectivity index (χ3n) is 1.35. The summed E-state index contributed by atoms with van der Waals surface area (Å²) >= 11 is 0. The van der Waals surface area contributed by atoms with Crippen molar-refractivity contribution in [1.29, 1.82) is 0 Å². The maximum Gasteiger partial charge on any atom is 0.391 e. The van der Waals surface area contributed by atoms with E-state index in [1.165, 1.54) is 0 Å². The summed E-state index contributed by atoms with van der Waals surface area (Å²) < 4.78 is 35.1. The summed E-state index contributed by atoms with van der Waals surface area (Å²) in [5, 5.41) is 8.21. The van der Waals surface area contributed by atoms with Crippen molar-refractivity contribution < 1.29 is 18.3 Å². The topological polar surface area (TPSA) is 20.2 Å². The van der Waals surface area contributed by atoms with Crippen molar-refractivity contribution in [3.05, 3.63) is 0 Å². The first-order valence-corrected chi connectivity index (χ1v) is 3.16. The zero-order valence-electron chi connectivity index (χ0n) is 5.78. The number of halogens is 3. The van der Waals surface area contributed by atoms with Gasteiger partial charge in [0.15, 0.2) is 0 Å². The van der Waals surface area contributed by atoms with Crippen LogP contribution in [0.3, 0.4) is 0 Å². The molecule has 0 heterocycles. The van der Waals surface area contributed by atoms with Crippen LogP contribution < -0.4 is 0 Å². The van der Waals surface area contributed by atoms with Gasteiger partial charge in [-0.3, -0.25) is 0 Å². The van der Waals surface area contributed by atoms with Crippen molar-refractivity contribution in [3.8, 4) is 0 Å². The van der Waals surface area contributed by atoms with Crippen LogP contribution in [0.15, 0.2) is 0 Å². The first-order valence-electron chi connectivity index (χ1n) is 3.16. The van der Waals surface area contributed by atoms with Crippen LogP contribution in [0.2, 0.25) is 0 Å². The van der Waals surface area contributed by atoms with Gasteiger partial charge in [-0.1, -0.05) is 6.92 Å². The molecule has 0 aliphatic rings. The van der Waals surface area contributed by atoms with Crippen LogP contribution in [0.4, 0.5) is 13.2 Å². The summed E-state index contributed by atoms with van der Waals surface area (Å²) in [7, 11) is 0. The Morgan fingerprint density at radius 2 is 1.90 bits per heavy atom. The highest BCUT2D eigenvalue weighted by Crippen LogP contribution is 2.28. The molecule has 0 rings (SSSR count). The van der Waals surface area contributed by atoms with Gasteiger partial charge in [-0.25, -0.2) is 0 Å². The summed E-state index contributed by atoms with van der Waals surface area (Å²) in [6.45, 7) is 0.954. The summed E-state index contributed by atoms with van der Waals surface area (Å²) in [4.78, 5) is 0. The standard InChI is InChI=1S/C6H11F3O/c1-5(3-2-4-10)6(7,8)9/h5,10H,2-4H2,1H3/t5-/m1/s1. The number of rotatable bonds is 3. The quantitative estimate of drug-likeness (QED) is 0.662. The number of aliphatic hydroxyl groups excluding tert-OH is 1. The Labute approximate surface area is 57.9 Å². The van der Waals surface area contributed by atoms with Gasteiger partial charge in [-0.15, -0.1) is 0 Å². The van der Waals surface area contributed by atoms with Gasteiger partial charge in [-0.05, 0) is 12.8 Å². The second-order valence-corrected chi connectivity index (χ2v) is 2.31. The predicted molar refractivity (Wildman–Crippen MR) is 31.5 cm³/mol. The Bertz CT molecular complexity index is 89.5. The smallest absolute Gasteiger partial charge is 0.391 e. The van der Waals surface area contributed by atoms with Gasteiger partial charge in [0.05, 0.1) is 5.92 Å². The molecule has 0 radical (unpaired) electrons. The number of alkyl halides is 3. The maximum atomic E-state index is 11.7. The third kappa shape index (κ3) is 3.71. The lowest BCUT2D eigenvalue weighted by Crippen LogP contribution is -2.19. The Kier molecular flexibility index (Phi) is 3.71. The molecule has 62 valence electrons. The highest BCUT2D eigenvalue weighted by Gasteiger charge is 2.34. The van der Waals surface area contributed by atoms with Crippen molar-refractivity contribution in [1.82, 2.24) is 0 Å². The van der Waals surface area contributed by atoms with E-state index in [2.05, 4.69) is 0 Å². The third-order valence-corrected chi connectivity index (χ3v) is 1.35. The molecule has 1 atom stereocenters. The monoisotopic (exact) mass is 156 g/mol. The van der Waals surface area contributed by atoms with E-state index in [0.717, 1.165) is 6.92 Å². The van der Waals surface area contributed by atoms with E-state index >= 15 is 0 Å². The molecule has 0 aromatic heterocycles. The summed E-state index contributed by atoms with van der Waals surface area (Å²) in [5.41, 5.74) is 0. The van der Waals surface area contributed by atoms with Crippen LogP contribution in [0.25, 0.3) is 0 Å². The average Bonchev–Trinajstić information content (AvgIpc) is 1.80. The molecular weight excluding hydrogens is 145 g/mol. The molecule has 1 N–H and O–H groups in total. The molecule has 1 nitrogen and oxygen atoms in total. The van der Waals surface area contributed by atoms with Crippen LogP contribution in [0.1, 0.15) is 19.8 Å². The van der Waals surface area contributed by atoms with Gasteiger partial charge >= 0.3 is 6.18 Å². The van der Waals surface area contributed by atoms with Crippen molar-refractivity contribution in [2.45, 2.75) is 25.9 Å². The first kappa shape index (κ1) is 9.75. The fourth-order valence-corrected chi connectivity index (χ4v) is 0.561. The van der Waals surface area contributed by atoms with Crippen LogP contribution in [-0.4, -0.2) is 17.9 Å². The summed E-state index contributed by atoms with van der Waals surface area (Å²) in [6, 6.07) is 0. The van der Waals surface area contributed by atoms with E-state index in [-0.39, 0.29) is 19.4 Å². The Morgan fingerprint density at radius 3 is 2.20 bits per heavy atom. The summed E-state index contributed by atoms with van der Waals surface area (Å²) in [5.74, 6) is -1.29. The maximum absolute atomic E-state index is 11.7. The Balaban J connectivity index is 3.52. The van der Waals surface area contributed by atoms with Crippen LogP contribution in [0, 0.1) is 5.92 Å². The van der Waals surface area contributed by atoms with Gasteiger partial charge < -0.3 is 5.11 Å². The van der Waals surface area contributed by atoms with Gasteiger partial charge in [-0.2, -0.15) is 13.2 Å². The second kappa shape index (κ2) is 3.81. The zero-order chi connectivity index (χ0) is 8.20. The molecule has 0 amide bonds. The largest absolute Gasteiger partial charge is 0.396 e. The van der Waals surface area contributed by atoms with Crippen LogP contribution in [-0.2, 0) is 0 Å². The van der Waals surface area contributed by atoms with Gasteiger partial charge in [0.2, 0.25) is 0 Å². The van der Waals surface area contributed by atoms with Crippen molar-refractivity contribution in [2.24, 2.45) is 5.92 Å². The molecule has 0 aromatic rings. The van der Waals surface area contributed by atoms with E-state index in [4.69, 9.17) is 5.11 Å². The van der Waals surface area contributed by atoms with E-state index in [1.54, 1.807) is 0 Å². The molecule has 0 spiro atoms. The number of aliphatic hydroxyl groups is 1. The minimum atomic E-state index is -4.10. The second-order valence-electron chi connectivity index (χ2n) is 2.31. The fourth-order valence-electron chi connectivity index (χ4n) is 0.561. The zero-order valence-corrected chi connectivity index (χ0v) is 5.78. The molecule has 0 saturated carbocycles. The van der Waals surface area contributed by atoms with Crippen molar-refractivity contribution in [3.63, 3.8) is 0 Å². The molecule has 0 unspecified atom stereocenters. The number of hydrogen-bond donors (Lipinski definition) is 1. The van der Waals surface area contributed by atoms with Gasteiger partial charge in [0.1, 0.15) is 0 Å². The molecule has 10 heavy (non-hydrogen) atoms. The Morgan fingerprint density at radius 1 is 1.40 bits per heavy atom.